The summed E-state index contributed by atoms with van der Waals surface area (Å²) in [7, 11) is 0. The van der Waals surface area contributed by atoms with Gasteiger partial charge in [0.1, 0.15) is 6.04 Å². The molecule has 92 valence electrons. The molecule has 1 aromatic rings. The van der Waals surface area contributed by atoms with Gasteiger partial charge in [0.05, 0.1) is 0 Å². The highest BCUT2D eigenvalue weighted by atomic mass is 127. The van der Waals surface area contributed by atoms with Gasteiger partial charge in [-0.1, -0.05) is 19.1 Å². The van der Waals surface area contributed by atoms with Crippen LogP contribution in [0.15, 0.2) is 24.3 Å². The van der Waals surface area contributed by atoms with E-state index in [1.54, 1.807) is 0 Å². The van der Waals surface area contributed by atoms with E-state index >= 15 is 0 Å². The first-order valence-electron chi connectivity index (χ1n) is 5.79. The smallest absolute Gasteiger partial charge is 0.321 e. The number of aliphatic carboxylic acids is 1. The van der Waals surface area contributed by atoms with Crippen LogP contribution in [0.5, 0.6) is 0 Å². The number of carbonyl (C=O) groups is 1. The second-order valence-electron chi connectivity index (χ2n) is 4.65. The Labute approximate surface area is 115 Å². The van der Waals surface area contributed by atoms with Crippen molar-refractivity contribution >= 4 is 28.6 Å². The van der Waals surface area contributed by atoms with Crippen molar-refractivity contribution < 1.29 is 9.90 Å². The summed E-state index contributed by atoms with van der Waals surface area (Å²) in [6.45, 7) is 3.63. The molecule has 1 saturated heterocycles. The van der Waals surface area contributed by atoms with Crippen molar-refractivity contribution in [3.05, 3.63) is 33.4 Å². The molecule has 0 spiro atoms. The number of likely N-dealkylation sites (tertiary alicyclic amines) is 1. The lowest BCUT2D eigenvalue weighted by atomic mass is 10.0. The van der Waals surface area contributed by atoms with E-state index in [1.165, 1.54) is 9.13 Å². The number of rotatable bonds is 3. The topological polar surface area (TPSA) is 40.5 Å². The first-order valence-corrected chi connectivity index (χ1v) is 6.87. The summed E-state index contributed by atoms with van der Waals surface area (Å²) in [5.74, 6) is -0.447. The molecule has 0 aromatic heterocycles. The Bertz CT molecular complexity index is 404. The largest absolute Gasteiger partial charge is 0.480 e. The van der Waals surface area contributed by atoms with E-state index in [4.69, 9.17) is 0 Å². The van der Waals surface area contributed by atoms with Crippen LogP contribution in [0.1, 0.15) is 18.9 Å². The van der Waals surface area contributed by atoms with Crippen molar-refractivity contribution in [2.45, 2.75) is 25.9 Å². The van der Waals surface area contributed by atoms with E-state index in [2.05, 4.69) is 51.8 Å². The number of halogens is 1. The van der Waals surface area contributed by atoms with E-state index in [9.17, 15) is 9.90 Å². The molecule has 1 aliphatic heterocycles. The lowest BCUT2D eigenvalue weighted by molar-refractivity contribution is -0.143. The first kappa shape index (κ1) is 12.8. The number of hydrogen-bond donors (Lipinski definition) is 1. The lowest BCUT2D eigenvalue weighted by Crippen LogP contribution is -2.38. The van der Waals surface area contributed by atoms with Crippen LogP contribution in [0.4, 0.5) is 0 Å². The van der Waals surface area contributed by atoms with Gasteiger partial charge in [-0.2, -0.15) is 0 Å². The summed E-state index contributed by atoms with van der Waals surface area (Å²) in [5.41, 5.74) is 1.19. The maximum absolute atomic E-state index is 11.2. The van der Waals surface area contributed by atoms with Crippen LogP contribution in [-0.2, 0) is 11.3 Å². The van der Waals surface area contributed by atoms with Crippen LogP contribution in [0.3, 0.4) is 0 Å². The molecule has 3 nitrogen and oxygen atoms in total. The second-order valence-corrected chi connectivity index (χ2v) is 5.89. The number of hydrogen-bond acceptors (Lipinski definition) is 2. The molecule has 0 amide bonds. The van der Waals surface area contributed by atoms with E-state index in [0.29, 0.717) is 0 Å². The van der Waals surface area contributed by atoms with Gasteiger partial charge in [-0.3, -0.25) is 9.69 Å². The summed E-state index contributed by atoms with van der Waals surface area (Å²) in [6.07, 6.45) is 0.974. The molecule has 1 heterocycles. The molecule has 0 saturated carbocycles. The molecule has 4 heteroatoms. The summed E-state index contributed by atoms with van der Waals surface area (Å²) in [4.78, 5) is 13.3. The molecule has 1 aliphatic rings. The third-order valence-electron chi connectivity index (χ3n) is 3.36. The van der Waals surface area contributed by atoms with Crippen LogP contribution in [-0.4, -0.2) is 28.6 Å². The van der Waals surface area contributed by atoms with Crippen molar-refractivity contribution in [3.63, 3.8) is 0 Å². The van der Waals surface area contributed by atoms with Crippen LogP contribution in [0.2, 0.25) is 0 Å². The average Bonchev–Trinajstić information content (AvgIpc) is 2.63. The quantitative estimate of drug-likeness (QED) is 0.857. The van der Waals surface area contributed by atoms with E-state index in [0.717, 1.165) is 19.5 Å². The molecule has 2 unspecified atom stereocenters. The Morgan fingerprint density at radius 1 is 1.47 bits per heavy atom. The van der Waals surface area contributed by atoms with Gasteiger partial charge in [0, 0.05) is 10.1 Å². The molecule has 2 atom stereocenters. The van der Waals surface area contributed by atoms with Crippen molar-refractivity contribution in [3.8, 4) is 0 Å². The molecular formula is C13H16INO2. The van der Waals surface area contributed by atoms with Crippen LogP contribution in [0, 0.1) is 9.49 Å². The van der Waals surface area contributed by atoms with Crippen molar-refractivity contribution in [2.24, 2.45) is 5.92 Å². The Kier molecular flexibility index (Phi) is 4.04. The zero-order valence-electron chi connectivity index (χ0n) is 9.77. The Morgan fingerprint density at radius 2 is 2.12 bits per heavy atom. The van der Waals surface area contributed by atoms with E-state index < -0.39 is 5.97 Å². The standard InChI is InChI=1S/C13H16INO2/c1-9-6-7-15(12(9)13(16)17)8-10-2-4-11(14)5-3-10/h2-5,9,12H,6-8H2,1H3,(H,16,17). The summed E-state index contributed by atoms with van der Waals surface area (Å²) in [6, 6.07) is 7.94. The number of nitrogens with zero attached hydrogens (tertiary/aromatic N) is 1. The molecule has 0 radical (unpaired) electrons. The minimum atomic E-state index is -0.694. The molecule has 0 bridgehead atoms. The third-order valence-corrected chi connectivity index (χ3v) is 4.08. The fourth-order valence-corrected chi connectivity index (χ4v) is 2.79. The summed E-state index contributed by atoms with van der Waals surface area (Å²) in [5, 5.41) is 9.23. The highest BCUT2D eigenvalue weighted by molar-refractivity contribution is 14.1. The van der Waals surface area contributed by atoms with Gasteiger partial charge >= 0.3 is 5.97 Å². The Balaban J connectivity index is 2.08. The van der Waals surface area contributed by atoms with Gasteiger partial charge in [0.2, 0.25) is 0 Å². The average molecular weight is 345 g/mol. The van der Waals surface area contributed by atoms with Crippen LogP contribution < -0.4 is 0 Å². The van der Waals surface area contributed by atoms with Gasteiger partial charge in [0.25, 0.3) is 0 Å². The number of carboxylic acids is 1. The molecule has 1 aromatic carbocycles. The van der Waals surface area contributed by atoms with Crippen LogP contribution >= 0.6 is 22.6 Å². The van der Waals surface area contributed by atoms with Crippen molar-refractivity contribution in [2.75, 3.05) is 6.54 Å². The fraction of sp³-hybridized carbons (Fsp3) is 0.462. The SMILES string of the molecule is CC1CCN(Cc2ccc(I)cc2)C1C(=O)O. The normalized spacial score (nSPS) is 25.1. The van der Waals surface area contributed by atoms with Crippen molar-refractivity contribution in [1.82, 2.24) is 4.90 Å². The predicted molar refractivity (Wildman–Crippen MR) is 74.8 cm³/mol. The van der Waals surface area contributed by atoms with Crippen LogP contribution in [0.25, 0.3) is 0 Å². The third kappa shape index (κ3) is 2.98. The Hall–Kier alpha value is -0.620. The van der Waals surface area contributed by atoms with Crippen molar-refractivity contribution in [1.29, 1.82) is 0 Å². The van der Waals surface area contributed by atoms with Gasteiger partial charge in [0.15, 0.2) is 0 Å². The maximum Gasteiger partial charge on any atom is 0.321 e. The number of benzene rings is 1. The molecule has 1 N–H and O–H groups in total. The van der Waals surface area contributed by atoms with E-state index in [1.807, 2.05) is 6.92 Å². The molecule has 1 fully saturated rings. The summed E-state index contributed by atoms with van der Waals surface area (Å²) < 4.78 is 1.20. The van der Waals surface area contributed by atoms with Gasteiger partial charge in [-0.15, -0.1) is 0 Å². The highest BCUT2D eigenvalue weighted by Gasteiger charge is 2.36. The van der Waals surface area contributed by atoms with Gasteiger partial charge in [-0.05, 0) is 59.2 Å². The van der Waals surface area contributed by atoms with E-state index in [-0.39, 0.29) is 12.0 Å². The maximum atomic E-state index is 11.2. The fourth-order valence-electron chi connectivity index (χ4n) is 2.43. The Morgan fingerprint density at radius 3 is 2.71 bits per heavy atom. The lowest BCUT2D eigenvalue weighted by Gasteiger charge is -2.23. The minimum absolute atomic E-state index is 0.247. The predicted octanol–water partition coefficient (Wildman–Crippen LogP) is 2.59. The van der Waals surface area contributed by atoms with Gasteiger partial charge < -0.3 is 5.11 Å². The van der Waals surface area contributed by atoms with Gasteiger partial charge in [-0.25, -0.2) is 0 Å². The highest BCUT2D eigenvalue weighted by Crippen LogP contribution is 2.25. The molecule has 0 aliphatic carbocycles. The molecule has 17 heavy (non-hydrogen) atoms. The monoisotopic (exact) mass is 345 g/mol. The zero-order chi connectivity index (χ0) is 12.4. The minimum Gasteiger partial charge on any atom is -0.480 e. The summed E-state index contributed by atoms with van der Waals surface area (Å²) >= 11 is 2.27. The zero-order valence-corrected chi connectivity index (χ0v) is 11.9. The number of carboxylic acid groups (broad SMARTS) is 1. The molecule has 2 rings (SSSR count). The second kappa shape index (κ2) is 5.35. The molecular weight excluding hydrogens is 329 g/mol. The first-order chi connectivity index (χ1) is 8.08.